The predicted octanol–water partition coefficient (Wildman–Crippen LogP) is 2.14. The molecule has 0 radical (unpaired) electrons. The molecule has 2 heterocycles. The fourth-order valence-electron chi connectivity index (χ4n) is 3.76. The van der Waals surface area contributed by atoms with Crippen molar-refractivity contribution in [2.75, 3.05) is 26.2 Å². The van der Waals surface area contributed by atoms with Crippen molar-refractivity contribution < 1.29 is 4.79 Å². The molecule has 0 bridgehead atoms. The van der Waals surface area contributed by atoms with Crippen LogP contribution in [0.4, 0.5) is 0 Å². The molecule has 1 aromatic carbocycles. The van der Waals surface area contributed by atoms with Crippen LogP contribution in [0.25, 0.3) is 0 Å². The van der Waals surface area contributed by atoms with E-state index in [9.17, 15) is 4.79 Å². The summed E-state index contributed by atoms with van der Waals surface area (Å²) in [6.07, 6.45) is 3.61. The summed E-state index contributed by atoms with van der Waals surface area (Å²) in [5.74, 6) is 1.13. The summed E-state index contributed by atoms with van der Waals surface area (Å²) in [5.41, 5.74) is 2.61. The predicted molar refractivity (Wildman–Crippen MR) is 92.9 cm³/mol. The van der Waals surface area contributed by atoms with Crippen LogP contribution in [0.3, 0.4) is 0 Å². The average molecular weight is 315 g/mol. The number of nitrogens with zero attached hydrogens (tertiary/aromatic N) is 1. The third-order valence-corrected chi connectivity index (χ3v) is 5.14. The average Bonchev–Trinajstić information content (AvgIpc) is 3.08. The summed E-state index contributed by atoms with van der Waals surface area (Å²) in [6.45, 7) is 8.15. The van der Waals surface area contributed by atoms with Crippen molar-refractivity contribution >= 4 is 5.91 Å². The highest BCUT2D eigenvalue weighted by Gasteiger charge is 2.22. The first-order chi connectivity index (χ1) is 11.2. The molecule has 0 aromatic heterocycles. The number of piperidine rings is 1. The van der Waals surface area contributed by atoms with E-state index in [-0.39, 0.29) is 11.8 Å². The molecular formula is C19H29N3O. The van der Waals surface area contributed by atoms with Gasteiger partial charge < -0.3 is 10.6 Å². The van der Waals surface area contributed by atoms with E-state index in [0.717, 1.165) is 32.0 Å². The van der Waals surface area contributed by atoms with Crippen LogP contribution in [-0.2, 0) is 17.9 Å². The topological polar surface area (TPSA) is 44.4 Å². The molecule has 0 aliphatic carbocycles. The molecule has 4 heteroatoms. The number of hydrogen-bond donors (Lipinski definition) is 2. The molecule has 4 nitrogen and oxygen atoms in total. The van der Waals surface area contributed by atoms with E-state index >= 15 is 0 Å². The number of likely N-dealkylation sites (tertiary alicyclic amines) is 1. The molecule has 0 saturated carbocycles. The Morgan fingerprint density at radius 3 is 2.87 bits per heavy atom. The standard InChI is InChI=1S/C19H29N3O/c1-15-5-4-10-22(13-15)14-18-7-3-2-6-16(18)12-21-19(23)17-8-9-20-11-17/h2-3,6-7,15,17,20H,4-5,8-14H2,1H3,(H,21,23)/t15-,17-/m1/s1. The monoisotopic (exact) mass is 315 g/mol. The van der Waals surface area contributed by atoms with Crippen LogP contribution >= 0.6 is 0 Å². The fourth-order valence-corrected chi connectivity index (χ4v) is 3.76. The lowest BCUT2D eigenvalue weighted by molar-refractivity contribution is -0.124. The molecule has 1 amide bonds. The first-order valence-electron chi connectivity index (χ1n) is 9.00. The van der Waals surface area contributed by atoms with Crippen molar-refractivity contribution in [2.24, 2.45) is 11.8 Å². The second-order valence-corrected chi connectivity index (χ2v) is 7.16. The summed E-state index contributed by atoms with van der Waals surface area (Å²) >= 11 is 0. The van der Waals surface area contributed by atoms with Crippen molar-refractivity contribution in [3.05, 3.63) is 35.4 Å². The molecule has 0 unspecified atom stereocenters. The van der Waals surface area contributed by atoms with Crippen molar-refractivity contribution in [1.82, 2.24) is 15.5 Å². The van der Waals surface area contributed by atoms with Gasteiger partial charge in [-0.1, -0.05) is 31.2 Å². The first-order valence-corrected chi connectivity index (χ1v) is 9.00. The Kier molecular flexibility index (Phi) is 5.68. The van der Waals surface area contributed by atoms with Gasteiger partial charge >= 0.3 is 0 Å². The van der Waals surface area contributed by atoms with Crippen molar-refractivity contribution in [2.45, 2.75) is 39.3 Å². The number of rotatable bonds is 5. The highest BCUT2D eigenvalue weighted by atomic mass is 16.1. The van der Waals surface area contributed by atoms with Crippen LogP contribution in [0, 0.1) is 11.8 Å². The summed E-state index contributed by atoms with van der Waals surface area (Å²) in [5, 5.41) is 6.38. The number of benzene rings is 1. The maximum absolute atomic E-state index is 12.2. The van der Waals surface area contributed by atoms with Crippen molar-refractivity contribution in [3.63, 3.8) is 0 Å². The van der Waals surface area contributed by atoms with E-state index in [0.29, 0.717) is 6.54 Å². The highest BCUT2D eigenvalue weighted by molar-refractivity contribution is 5.79. The van der Waals surface area contributed by atoms with Gasteiger partial charge in [0.1, 0.15) is 0 Å². The Labute approximate surface area is 139 Å². The molecule has 0 spiro atoms. The molecule has 2 aliphatic heterocycles. The largest absolute Gasteiger partial charge is 0.352 e. The van der Waals surface area contributed by atoms with Crippen LogP contribution < -0.4 is 10.6 Å². The van der Waals surface area contributed by atoms with Crippen molar-refractivity contribution in [3.8, 4) is 0 Å². The summed E-state index contributed by atoms with van der Waals surface area (Å²) in [6, 6.07) is 8.53. The summed E-state index contributed by atoms with van der Waals surface area (Å²) in [7, 11) is 0. The first kappa shape index (κ1) is 16.5. The van der Waals surface area contributed by atoms with Crippen LogP contribution in [0.2, 0.25) is 0 Å². The number of hydrogen-bond acceptors (Lipinski definition) is 3. The van der Waals surface area contributed by atoms with Gasteiger partial charge in [-0.3, -0.25) is 9.69 Å². The smallest absolute Gasteiger partial charge is 0.224 e. The lowest BCUT2D eigenvalue weighted by Crippen LogP contribution is -2.35. The SMILES string of the molecule is C[C@@H]1CCCN(Cc2ccccc2CNC(=O)[C@@H]2CCNC2)C1. The molecule has 126 valence electrons. The van der Waals surface area contributed by atoms with E-state index < -0.39 is 0 Å². The van der Waals surface area contributed by atoms with E-state index in [4.69, 9.17) is 0 Å². The molecule has 3 rings (SSSR count). The Bertz CT molecular complexity index is 525. The number of carbonyl (C=O) groups excluding carboxylic acids is 1. The number of carbonyl (C=O) groups is 1. The number of nitrogens with one attached hydrogen (secondary N) is 2. The molecule has 2 N–H and O–H groups in total. The minimum absolute atomic E-state index is 0.144. The zero-order valence-electron chi connectivity index (χ0n) is 14.2. The Morgan fingerprint density at radius 2 is 2.13 bits per heavy atom. The molecular weight excluding hydrogens is 286 g/mol. The number of amides is 1. The lowest BCUT2D eigenvalue weighted by atomic mass is 9.99. The molecule has 2 fully saturated rings. The van der Waals surface area contributed by atoms with Gasteiger partial charge in [-0.25, -0.2) is 0 Å². The summed E-state index contributed by atoms with van der Waals surface area (Å²) in [4.78, 5) is 14.8. The van der Waals surface area contributed by atoms with Gasteiger partial charge in [0.2, 0.25) is 5.91 Å². The van der Waals surface area contributed by atoms with E-state index in [1.54, 1.807) is 0 Å². The van der Waals surface area contributed by atoms with Gasteiger partial charge in [-0.05, 0) is 49.4 Å². The second-order valence-electron chi connectivity index (χ2n) is 7.16. The zero-order chi connectivity index (χ0) is 16.1. The van der Waals surface area contributed by atoms with Crippen LogP contribution in [0.1, 0.15) is 37.3 Å². The van der Waals surface area contributed by atoms with E-state index in [2.05, 4.69) is 46.7 Å². The normalized spacial score (nSPS) is 25.4. The Hall–Kier alpha value is -1.39. The zero-order valence-corrected chi connectivity index (χ0v) is 14.2. The molecule has 2 saturated heterocycles. The van der Waals surface area contributed by atoms with E-state index in [1.165, 1.54) is 37.1 Å². The third-order valence-electron chi connectivity index (χ3n) is 5.14. The highest BCUT2D eigenvalue weighted by Crippen LogP contribution is 2.19. The minimum Gasteiger partial charge on any atom is -0.352 e. The molecule has 2 aliphatic rings. The van der Waals surface area contributed by atoms with Crippen molar-refractivity contribution in [1.29, 1.82) is 0 Å². The molecule has 23 heavy (non-hydrogen) atoms. The van der Waals surface area contributed by atoms with Gasteiger partial charge in [-0.2, -0.15) is 0 Å². The quantitative estimate of drug-likeness (QED) is 0.875. The van der Waals surface area contributed by atoms with Gasteiger partial charge in [0.05, 0.1) is 5.92 Å². The van der Waals surface area contributed by atoms with Gasteiger partial charge in [0.15, 0.2) is 0 Å². The van der Waals surface area contributed by atoms with Gasteiger partial charge in [-0.15, -0.1) is 0 Å². The maximum Gasteiger partial charge on any atom is 0.224 e. The molecule has 1 aromatic rings. The van der Waals surface area contributed by atoms with Gasteiger partial charge in [0, 0.05) is 26.2 Å². The van der Waals surface area contributed by atoms with Crippen LogP contribution in [-0.4, -0.2) is 37.0 Å². The maximum atomic E-state index is 12.2. The Morgan fingerprint density at radius 1 is 1.30 bits per heavy atom. The van der Waals surface area contributed by atoms with Gasteiger partial charge in [0.25, 0.3) is 0 Å². The van der Waals surface area contributed by atoms with Crippen LogP contribution in [0.5, 0.6) is 0 Å². The fraction of sp³-hybridized carbons (Fsp3) is 0.632. The minimum atomic E-state index is 0.144. The summed E-state index contributed by atoms with van der Waals surface area (Å²) < 4.78 is 0. The third kappa shape index (κ3) is 4.55. The lowest BCUT2D eigenvalue weighted by Gasteiger charge is -2.31. The Balaban J connectivity index is 1.57. The molecule has 2 atom stereocenters. The second kappa shape index (κ2) is 7.93. The van der Waals surface area contributed by atoms with E-state index in [1.807, 2.05) is 0 Å². The van der Waals surface area contributed by atoms with Crippen LogP contribution in [0.15, 0.2) is 24.3 Å².